The zero-order valence-corrected chi connectivity index (χ0v) is 17.4. The van der Waals surface area contributed by atoms with E-state index < -0.39 is 6.10 Å². The lowest BCUT2D eigenvalue weighted by atomic mass is 10.1. The van der Waals surface area contributed by atoms with Gasteiger partial charge in [0.15, 0.2) is 6.10 Å². The number of anilines is 1. The van der Waals surface area contributed by atoms with Gasteiger partial charge < -0.3 is 15.4 Å². The lowest BCUT2D eigenvalue weighted by Crippen LogP contribution is -2.32. The first-order chi connectivity index (χ1) is 14.4. The molecule has 0 unspecified atom stereocenters. The number of hydrogen-bond donors (Lipinski definition) is 2. The van der Waals surface area contributed by atoms with Crippen LogP contribution in [-0.2, 0) is 4.79 Å². The van der Waals surface area contributed by atoms with Gasteiger partial charge in [-0.15, -0.1) is 0 Å². The van der Waals surface area contributed by atoms with Gasteiger partial charge in [0.2, 0.25) is 0 Å². The molecule has 30 heavy (non-hydrogen) atoms. The molecule has 0 bridgehead atoms. The van der Waals surface area contributed by atoms with Crippen molar-refractivity contribution in [3.05, 3.63) is 95.6 Å². The minimum Gasteiger partial charge on any atom is -0.481 e. The van der Waals surface area contributed by atoms with Crippen molar-refractivity contribution in [2.24, 2.45) is 0 Å². The lowest BCUT2D eigenvalue weighted by molar-refractivity contribution is -0.122. The molecule has 0 radical (unpaired) electrons. The molecule has 5 nitrogen and oxygen atoms in total. The van der Waals surface area contributed by atoms with Crippen molar-refractivity contribution in [2.45, 2.75) is 32.9 Å². The molecule has 3 aromatic rings. The predicted molar refractivity (Wildman–Crippen MR) is 119 cm³/mol. The third-order valence-electron chi connectivity index (χ3n) is 4.75. The number of ether oxygens (including phenoxy) is 1. The summed E-state index contributed by atoms with van der Waals surface area (Å²) in [6.07, 6.45) is -0.717. The average molecular weight is 402 g/mol. The third kappa shape index (κ3) is 5.47. The number of benzene rings is 3. The number of aryl methyl sites for hydroxylation is 1. The lowest BCUT2D eigenvalue weighted by Gasteiger charge is -2.18. The van der Waals surface area contributed by atoms with E-state index in [0.717, 1.165) is 11.1 Å². The maximum Gasteiger partial charge on any atom is 0.265 e. The molecule has 0 spiro atoms. The minimum absolute atomic E-state index is 0.161. The number of rotatable bonds is 7. The highest BCUT2D eigenvalue weighted by atomic mass is 16.5. The summed E-state index contributed by atoms with van der Waals surface area (Å²) in [6, 6.07) is 24.0. The largest absolute Gasteiger partial charge is 0.481 e. The Morgan fingerprint density at radius 3 is 2.30 bits per heavy atom. The van der Waals surface area contributed by atoms with E-state index in [1.165, 1.54) is 0 Å². The van der Waals surface area contributed by atoms with Gasteiger partial charge in [-0.1, -0.05) is 54.6 Å². The SMILES string of the molecule is Cc1cccc(O[C@H](C)C(=O)Nc2ccccc2C(=O)N[C@H](C)c2ccccc2)c1. The van der Waals surface area contributed by atoms with E-state index in [1.807, 2.05) is 68.4 Å². The molecule has 0 saturated heterocycles. The van der Waals surface area contributed by atoms with E-state index >= 15 is 0 Å². The number of nitrogens with one attached hydrogen (secondary N) is 2. The van der Waals surface area contributed by atoms with Gasteiger partial charge in [-0.2, -0.15) is 0 Å². The van der Waals surface area contributed by atoms with Gasteiger partial charge in [0, 0.05) is 0 Å². The van der Waals surface area contributed by atoms with Crippen LogP contribution < -0.4 is 15.4 Å². The smallest absolute Gasteiger partial charge is 0.265 e. The van der Waals surface area contributed by atoms with Crippen LogP contribution in [0.3, 0.4) is 0 Å². The third-order valence-corrected chi connectivity index (χ3v) is 4.75. The van der Waals surface area contributed by atoms with Crippen LogP contribution in [0.5, 0.6) is 5.75 Å². The van der Waals surface area contributed by atoms with Gasteiger partial charge in [0.25, 0.3) is 11.8 Å². The van der Waals surface area contributed by atoms with E-state index in [9.17, 15) is 9.59 Å². The topological polar surface area (TPSA) is 67.4 Å². The fourth-order valence-corrected chi connectivity index (χ4v) is 3.07. The summed E-state index contributed by atoms with van der Waals surface area (Å²) in [5.41, 5.74) is 2.90. The molecular weight excluding hydrogens is 376 g/mol. The van der Waals surface area contributed by atoms with Crippen molar-refractivity contribution in [1.29, 1.82) is 0 Å². The van der Waals surface area contributed by atoms with Crippen LogP contribution in [0, 0.1) is 6.92 Å². The van der Waals surface area contributed by atoms with Crippen LogP contribution in [0.4, 0.5) is 5.69 Å². The summed E-state index contributed by atoms with van der Waals surface area (Å²) >= 11 is 0. The Morgan fingerprint density at radius 2 is 1.57 bits per heavy atom. The van der Waals surface area contributed by atoms with Crippen LogP contribution in [0.15, 0.2) is 78.9 Å². The second-order valence-electron chi connectivity index (χ2n) is 7.22. The average Bonchev–Trinajstić information content (AvgIpc) is 2.74. The predicted octanol–water partition coefficient (Wildman–Crippen LogP) is 4.89. The molecule has 0 saturated carbocycles. The van der Waals surface area contributed by atoms with Crippen molar-refractivity contribution in [2.75, 3.05) is 5.32 Å². The van der Waals surface area contributed by atoms with Gasteiger partial charge in [0.1, 0.15) is 5.75 Å². The highest BCUT2D eigenvalue weighted by Gasteiger charge is 2.19. The Labute approximate surface area is 177 Å². The van der Waals surface area contributed by atoms with Crippen LogP contribution in [0.25, 0.3) is 0 Å². The highest BCUT2D eigenvalue weighted by Crippen LogP contribution is 2.19. The zero-order chi connectivity index (χ0) is 21.5. The van der Waals surface area contributed by atoms with Gasteiger partial charge in [0.05, 0.1) is 17.3 Å². The molecule has 0 aliphatic heterocycles. The van der Waals surface area contributed by atoms with Crippen molar-refractivity contribution in [1.82, 2.24) is 5.32 Å². The highest BCUT2D eigenvalue weighted by molar-refractivity contribution is 6.04. The molecule has 0 aromatic heterocycles. The summed E-state index contributed by atoms with van der Waals surface area (Å²) in [7, 11) is 0. The molecule has 0 heterocycles. The Kier molecular flexibility index (Phi) is 6.86. The van der Waals surface area contributed by atoms with Crippen molar-refractivity contribution < 1.29 is 14.3 Å². The van der Waals surface area contributed by atoms with Gasteiger partial charge in [-0.3, -0.25) is 9.59 Å². The van der Waals surface area contributed by atoms with Crippen LogP contribution >= 0.6 is 0 Å². The Balaban J connectivity index is 1.68. The number of hydrogen-bond acceptors (Lipinski definition) is 3. The summed E-state index contributed by atoms with van der Waals surface area (Å²) in [4.78, 5) is 25.5. The first-order valence-electron chi connectivity index (χ1n) is 9.93. The molecule has 0 fully saturated rings. The standard InChI is InChI=1S/C25H26N2O3/c1-17-10-9-13-21(16-17)30-19(3)24(28)27-23-15-8-7-14-22(23)25(29)26-18(2)20-11-5-4-6-12-20/h4-16,18-19H,1-3H3,(H,26,29)(H,27,28)/t18-,19-/m1/s1. The molecule has 3 rings (SSSR count). The maximum atomic E-state index is 12.8. The molecule has 0 aliphatic rings. The molecule has 2 atom stereocenters. The molecule has 2 amide bonds. The van der Waals surface area contributed by atoms with Crippen LogP contribution in [0.1, 0.15) is 41.4 Å². The summed E-state index contributed by atoms with van der Waals surface area (Å²) in [5, 5.41) is 5.79. The van der Waals surface area contributed by atoms with E-state index in [1.54, 1.807) is 31.2 Å². The van der Waals surface area contributed by atoms with Crippen molar-refractivity contribution >= 4 is 17.5 Å². The second-order valence-corrected chi connectivity index (χ2v) is 7.22. The van der Waals surface area contributed by atoms with Crippen LogP contribution in [0.2, 0.25) is 0 Å². The Morgan fingerprint density at radius 1 is 0.867 bits per heavy atom. The van der Waals surface area contributed by atoms with Gasteiger partial charge in [-0.05, 0) is 56.2 Å². The fraction of sp³-hybridized carbons (Fsp3) is 0.200. The molecule has 5 heteroatoms. The minimum atomic E-state index is -0.717. The summed E-state index contributed by atoms with van der Waals surface area (Å²) in [6.45, 7) is 5.56. The quantitative estimate of drug-likeness (QED) is 0.591. The Hall–Kier alpha value is -3.60. The molecule has 3 aromatic carbocycles. The van der Waals surface area contributed by atoms with E-state index in [2.05, 4.69) is 10.6 Å². The van der Waals surface area contributed by atoms with Gasteiger partial charge in [-0.25, -0.2) is 0 Å². The molecular formula is C25H26N2O3. The van der Waals surface area contributed by atoms with Crippen LogP contribution in [-0.4, -0.2) is 17.9 Å². The Bertz CT molecular complexity index is 1020. The fourth-order valence-electron chi connectivity index (χ4n) is 3.07. The number of carbonyl (C=O) groups excluding carboxylic acids is 2. The van der Waals surface area contributed by atoms with Crippen molar-refractivity contribution in [3.8, 4) is 5.75 Å². The molecule has 154 valence electrons. The van der Waals surface area contributed by atoms with E-state index in [4.69, 9.17) is 4.74 Å². The first kappa shape index (κ1) is 21.1. The second kappa shape index (κ2) is 9.74. The summed E-state index contributed by atoms with van der Waals surface area (Å²) in [5.74, 6) is 0.0442. The summed E-state index contributed by atoms with van der Waals surface area (Å²) < 4.78 is 5.74. The zero-order valence-electron chi connectivity index (χ0n) is 17.4. The molecule has 0 aliphatic carbocycles. The monoisotopic (exact) mass is 402 g/mol. The van der Waals surface area contributed by atoms with E-state index in [-0.39, 0.29) is 17.9 Å². The number of amides is 2. The number of carbonyl (C=O) groups is 2. The normalized spacial score (nSPS) is 12.5. The number of para-hydroxylation sites is 1. The first-order valence-corrected chi connectivity index (χ1v) is 9.93. The van der Waals surface area contributed by atoms with E-state index in [0.29, 0.717) is 17.0 Å². The van der Waals surface area contributed by atoms with Crippen molar-refractivity contribution in [3.63, 3.8) is 0 Å². The molecule has 2 N–H and O–H groups in total. The maximum absolute atomic E-state index is 12.8. The van der Waals surface area contributed by atoms with Gasteiger partial charge >= 0.3 is 0 Å².